The van der Waals surface area contributed by atoms with Crippen LogP contribution in [0.5, 0.6) is 0 Å². The van der Waals surface area contributed by atoms with Crippen molar-refractivity contribution >= 4 is 24.2 Å². The van der Waals surface area contributed by atoms with E-state index >= 15 is 0 Å². The molecule has 0 saturated carbocycles. The van der Waals surface area contributed by atoms with E-state index in [1.807, 2.05) is 20.8 Å². The lowest BCUT2D eigenvalue weighted by molar-refractivity contribution is 0.617. The fraction of sp³-hybridized carbons (Fsp3) is 0.700. The van der Waals surface area contributed by atoms with Crippen LogP contribution in [0.3, 0.4) is 0 Å². The Morgan fingerprint density at radius 1 is 0.917 bits per heavy atom. The summed E-state index contributed by atoms with van der Waals surface area (Å²) in [5.41, 5.74) is 1.28. The van der Waals surface area contributed by atoms with Crippen LogP contribution < -0.4 is 10.0 Å². The van der Waals surface area contributed by atoms with Crippen LogP contribution in [0.2, 0.25) is 0 Å². The van der Waals surface area contributed by atoms with Crippen molar-refractivity contribution in [2.45, 2.75) is 90.3 Å². The lowest BCUT2D eigenvalue weighted by Crippen LogP contribution is -2.38. The summed E-state index contributed by atoms with van der Waals surface area (Å²) in [5, 5.41) is 1.86. The maximum Gasteiger partial charge on any atom is 0.0975 e. The normalized spacial score (nSPS) is 16.3. The average molecular weight is 370 g/mol. The van der Waals surface area contributed by atoms with Gasteiger partial charge in [-0.2, -0.15) is 0 Å². The summed E-state index contributed by atoms with van der Waals surface area (Å²) >= 11 is 0. The van der Waals surface area contributed by atoms with Crippen molar-refractivity contribution in [2.24, 2.45) is 0 Å². The van der Waals surface area contributed by atoms with E-state index in [0.717, 1.165) is 0 Å². The van der Waals surface area contributed by atoms with Crippen LogP contribution >= 0.6 is 7.92 Å². The van der Waals surface area contributed by atoms with Crippen molar-refractivity contribution in [2.75, 3.05) is 0 Å². The predicted molar refractivity (Wildman–Crippen MR) is 112 cm³/mol. The lowest BCUT2D eigenvalue weighted by Gasteiger charge is -2.43. The maximum atomic E-state index is 12.5. The van der Waals surface area contributed by atoms with E-state index in [4.69, 9.17) is 0 Å². The molecule has 1 N–H and O–H groups in total. The molecule has 0 amide bonds. The Morgan fingerprint density at radius 3 is 1.79 bits per heavy atom. The zero-order valence-electron chi connectivity index (χ0n) is 17.2. The second-order valence-electron chi connectivity index (χ2n) is 9.46. The standard InChI is InChI=1S/C20H36NOPS/c1-15(21-24(22)20(8,9)10)16-13-11-12-14-17(16)23(18(2,3)4)19(5,6)7/h11-15,21H,1-10H3/t15-,24-/m1/s1. The second-order valence-corrected chi connectivity index (χ2v) is 15.3. The molecule has 0 bridgehead atoms. The minimum absolute atomic E-state index is 0.0657. The number of hydrogen-bond acceptors (Lipinski definition) is 1. The molecule has 0 fully saturated rings. The van der Waals surface area contributed by atoms with E-state index in [-0.39, 0.29) is 29.0 Å². The van der Waals surface area contributed by atoms with Crippen LogP contribution in [0, 0.1) is 0 Å². The molecule has 0 saturated heterocycles. The molecule has 0 aliphatic carbocycles. The summed E-state index contributed by atoms with van der Waals surface area (Å²) in [7, 11) is -1.46. The van der Waals surface area contributed by atoms with Gasteiger partial charge >= 0.3 is 0 Å². The minimum atomic E-state index is -1.07. The number of hydrogen-bond donors (Lipinski definition) is 1. The van der Waals surface area contributed by atoms with Gasteiger partial charge in [-0.3, -0.25) is 0 Å². The topological polar surface area (TPSA) is 29.1 Å². The Balaban J connectivity index is 3.31. The molecule has 0 aliphatic rings. The highest BCUT2D eigenvalue weighted by molar-refractivity contribution is 7.84. The van der Waals surface area contributed by atoms with Crippen molar-refractivity contribution in [1.29, 1.82) is 0 Å². The van der Waals surface area contributed by atoms with Crippen LogP contribution in [-0.2, 0) is 11.0 Å². The molecule has 0 unspecified atom stereocenters. The molecule has 0 radical (unpaired) electrons. The Morgan fingerprint density at radius 2 is 1.38 bits per heavy atom. The predicted octanol–water partition coefficient (Wildman–Crippen LogP) is 5.50. The van der Waals surface area contributed by atoms with E-state index in [1.54, 1.807) is 0 Å². The van der Waals surface area contributed by atoms with Gasteiger partial charge < -0.3 is 0 Å². The van der Waals surface area contributed by atoms with Crippen LogP contribution in [0.1, 0.15) is 80.8 Å². The van der Waals surface area contributed by atoms with E-state index in [1.165, 1.54) is 10.9 Å². The zero-order valence-corrected chi connectivity index (χ0v) is 18.9. The summed E-state index contributed by atoms with van der Waals surface area (Å²) in [6.07, 6.45) is 0. The van der Waals surface area contributed by atoms with Crippen LogP contribution in [0.15, 0.2) is 24.3 Å². The molecule has 24 heavy (non-hydrogen) atoms. The third-order valence-corrected chi connectivity index (χ3v) is 9.08. The van der Waals surface area contributed by atoms with Gasteiger partial charge in [0.05, 0.1) is 15.7 Å². The van der Waals surface area contributed by atoms with Gasteiger partial charge in [-0.25, -0.2) is 8.93 Å². The van der Waals surface area contributed by atoms with Gasteiger partial charge in [0.1, 0.15) is 0 Å². The molecule has 1 aromatic rings. The van der Waals surface area contributed by atoms with Crippen molar-refractivity contribution in [3.05, 3.63) is 29.8 Å². The summed E-state index contributed by atoms with van der Waals surface area (Å²) in [6, 6.07) is 8.76. The molecule has 2 nitrogen and oxygen atoms in total. The highest BCUT2D eigenvalue weighted by Crippen LogP contribution is 2.58. The molecule has 1 rings (SSSR count). The van der Waals surface area contributed by atoms with E-state index in [0.29, 0.717) is 0 Å². The van der Waals surface area contributed by atoms with Crippen molar-refractivity contribution in [3.63, 3.8) is 0 Å². The largest absolute Gasteiger partial charge is 0.242 e. The third-order valence-electron chi connectivity index (χ3n) is 3.83. The van der Waals surface area contributed by atoms with Crippen LogP contribution in [-0.4, -0.2) is 19.3 Å². The average Bonchev–Trinajstić information content (AvgIpc) is 2.34. The highest BCUT2D eigenvalue weighted by Gasteiger charge is 2.37. The van der Waals surface area contributed by atoms with E-state index in [9.17, 15) is 4.21 Å². The first kappa shape index (κ1) is 21.8. The smallest absolute Gasteiger partial charge is 0.0975 e. The van der Waals surface area contributed by atoms with Gasteiger partial charge in [0.15, 0.2) is 0 Å². The Hall–Kier alpha value is -0.240. The van der Waals surface area contributed by atoms with Gasteiger partial charge in [0, 0.05) is 6.04 Å². The molecular formula is C20H36NOPS. The van der Waals surface area contributed by atoms with E-state index < -0.39 is 11.0 Å². The lowest BCUT2D eigenvalue weighted by atomic mass is 10.1. The number of nitrogens with one attached hydrogen (secondary N) is 1. The first-order chi connectivity index (χ1) is 10.7. The van der Waals surface area contributed by atoms with Gasteiger partial charge in [-0.1, -0.05) is 73.7 Å². The quantitative estimate of drug-likeness (QED) is 0.697. The minimum Gasteiger partial charge on any atom is -0.242 e. The zero-order chi connectivity index (χ0) is 18.9. The molecule has 0 spiro atoms. The van der Waals surface area contributed by atoms with Gasteiger partial charge in [-0.05, 0) is 48.9 Å². The molecule has 1 aromatic carbocycles. The molecule has 0 aliphatic heterocycles. The molecule has 138 valence electrons. The van der Waals surface area contributed by atoms with Gasteiger partial charge in [0.2, 0.25) is 0 Å². The first-order valence-corrected chi connectivity index (χ1v) is 11.2. The van der Waals surface area contributed by atoms with Gasteiger partial charge in [0.25, 0.3) is 0 Å². The summed E-state index contributed by atoms with van der Waals surface area (Å²) < 4.78 is 15.6. The van der Waals surface area contributed by atoms with Gasteiger partial charge in [-0.15, -0.1) is 0 Å². The molecule has 0 heterocycles. The monoisotopic (exact) mass is 369 g/mol. The number of rotatable bonds is 4. The maximum absolute atomic E-state index is 12.5. The molecule has 0 aromatic heterocycles. The fourth-order valence-electron chi connectivity index (χ4n) is 3.19. The summed E-state index contributed by atoms with van der Waals surface area (Å²) in [4.78, 5) is 0. The summed E-state index contributed by atoms with van der Waals surface area (Å²) in [6.45, 7) is 22.2. The fourth-order valence-corrected chi connectivity index (χ4v) is 8.21. The SMILES string of the molecule is C[C@@H](N[S@](=O)C(C)(C)C)c1ccccc1P(C(C)(C)C)C(C)(C)C. The van der Waals surface area contributed by atoms with Crippen LogP contribution in [0.4, 0.5) is 0 Å². The second kappa shape index (κ2) is 7.56. The molecule has 4 heteroatoms. The molecule has 2 atom stereocenters. The van der Waals surface area contributed by atoms with Crippen LogP contribution in [0.25, 0.3) is 0 Å². The Bertz CT molecular complexity index is 565. The van der Waals surface area contributed by atoms with E-state index in [2.05, 4.69) is 77.5 Å². The summed E-state index contributed by atoms with van der Waals surface area (Å²) in [5.74, 6) is 0. The first-order valence-electron chi connectivity index (χ1n) is 8.73. The van der Waals surface area contributed by atoms with Crippen molar-refractivity contribution < 1.29 is 4.21 Å². The highest BCUT2D eigenvalue weighted by atomic mass is 32.2. The molecular weight excluding hydrogens is 333 g/mol. The number of benzene rings is 1. The Labute approximate surface area is 153 Å². The Kier molecular flexibility index (Phi) is 6.87. The third kappa shape index (κ3) is 5.64. The van der Waals surface area contributed by atoms with Crippen molar-refractivity contribution in [3.8, 4) is 0 Å². The van der Waals surface area contributed by atoms with Crippen molar-refractivity contribution in [1.82, 2.24) is 4.72 Å².